The van der Waals surface area contributed by atoms with Crippen LogP contribution >= 0.6 is 0 Å². The Balaban J connectivity index is 2.34. The van der Waals surface area contributed by atoms with Crippen molar-refractivity contribution >= 4 is 29.5 Å². The molecule has 0 aliphatic carbocycles. The molecular weight excluding hydrogens is 424 g/mol. The maximum Gasteiger partial charge on any atom is 0.323 e. The van der Waals surface area contributed by atoms with Crippen molar-refractivity contribution in [2.75, 3.05) is 24.7 Å². The average molecular weight is 452 g/mol. The van der Waals surface area contributed by atoms with Crippen LogP contribution in [0, 0.1) is 5.92 Å². The monoisotopic (exact) mass is 452 g/mol. The molecule has 2 rings (SSSR count). The Bertz CT molecular complexity index is 856. The standard InChI is InChI=1S/C21H28N2O9/c1-12(2)9-15(22-14(21(29)30)4-6-18(24)25)20(28)23(11-19(26)27)13-3-5-16-17(10-13)32-8-7-31-16/h3,5,10,12,14-15,22H,4,6-9,11H2,1-2H3,(H,24,25)(H,26,27)(H,29,30). The number of benzene rings is 1. The average Bonchev–Trinajstić information content (AvgIpc) is 2.72. The van der Waals surface area contributed by atoms with Crippen molar-refractivity contribution in [3.63, 3.8) is 0 Å². The van der Waals surface area contributed by atoms with Gasteiger partial charge in [-0.25, -0.2) is 0 Å². The molecule has 1 heterocycles. The molecule has 11 nitrogen and oxygen atoms in total. The minimum atomic E-state index is -1.29. The van der Waals surface area contributed by atoms with Crippen molar-refractivity contribution in [1.82, 2.24) is 5.32 Å². The van der Waals surface area contributed by atoms with Crippen molar-refractivity contribution in [3.8, 4) is 11.5 Å². The van der Waals surface area contributed by atoms with E-state index in [9.17, 15) is 29.4 Å². The fraction of sp³-hybridized carbons (Fsp3) is 0.524. The summed E-state index contributed by atoms with van der Waals surface area (Å²) >= 11 is 0. The molecule has 0 aromatic heterocycles. The molecule has 1 aliphatic rings. The number of anilines is 1. The van der Waals surface area contributed by atoms with Gasteiger partial charge in [0.05, 0.1) is 6.04 Å². The summed E-state index contributed by atoms with van der Waals surface area (Å²) in [6.07, 6.45) is -0.403. The summed E-state index contributed by atoms with van der Waals surface area (Å²) in [4.78, 5) is 48.4. The predicted octanol–water partition coefficient (Wildman–Crippen LogP) is 1.20. The van der Waals surface area contributed by atoms with Gasteiger partial charge in [-0.3, -0.25) is 29.4 Å². The number of carbonyl (C=O) groups excluding carboxylic acids is 1. The van der Waals surface area contributed by atoms with Gasteiger partial charge in [0.15, 0.2) is 11.5 Å². The van der Waals surface area contributed by atoms with E-state index in [4.69, 9.17) is 14.6 Å². The van der Waals surface area contributed by atoms with Gasteiger partial charge in [0.2, 0.25) is 5.91 Å². The molecule has 0 saturated heterocycles. The minimum absolute atomic E-state index is 0.0303. The van der Waals surface area contributed by atoms with Crippen LogP contribution in [0.25, 0.3) is 0 Å². The number of amides is 1. The van der Waals surface area contributed by atoms with Crippen LogP contribution in [0.3, 0.4) is 0 Å². The molecule has 1 aliphatic heterocycles. The Labute approximate surface area is 184 Å². The quantitative estimate of drug-likeness (QED) is 0.362. The van der Waals surface area contributed by atoms with Crippen LogP contribution in [-0.4, -0.2) is 71.0 Å². The number of hydrogen-bond donors (Lipinski definition) is 4. The fourth-order valence-electron chi connectivity index (χ4n) is 3.32. The van der Waals surface area contributed by atoms with E-state index in [0.29, 0.717) is 24.7 Å². The van der Waals surface area contributed by atoms with Crippen molar-refractivity contribution in [3.05, 3.63) is 18.2 Å². The first-order chi connectivity index (χ1) is 15.1. The Morgan fingerprint density at radius 3 is 2.22 bits per heavy atom. The maximum absolute atomic E-state index is 13.4. The van der Waals surface area contributed by atoms with E-state index >= 15 is 0 Å². The topological polar surface area (TPSA) is 163 Å². The van der Waals surface area contributed by atoms with Crippen LogP contribution in [0.2, 0.25) is 0 Å². The summed E-state index contributed by atoms with van der Waals surface area (Å²) in [5, 5.41) is 30.5. The first kappa shape index (κ1) is 24.9. The second-order valence-corrected chi connectivity index (χ2v) is 7.82. The van der Waals surface area contributed by atoms with E-state index in [1.165, 1.54) is 12.1 Å². The van der Waals surface area contributed by atoms with E-state index < -0.39 is 48.9 Å². The zero-order valence-electron chi connectivity index (χ0n) is 17.9. The zero-order valence-corrected chi connectivity index (χ0v) is 17.9. The van der Waals surface area contributed by atoms with Crippen LogP contribution in [0.5, 0.6) is 11.5 Å². The van der Waals surface area contributed by atoms with Crippen molar-refractivity contribution in [2.24, 2.45) is 5.92 Å². The molecular formula is C21H28N2O9. The van der Waals surface area contributed by atoms with Crippen molar-refractivity contribution in [1.29, 1.82) is 0 Å². The summed E-state index contributed by atoms with van der Waals surface area (Å²) < 4.78 is 11.0. The van der Waals surface area contributed by atoms with Gasteiger partial charge < -0.3 is 24.8 Å². The molecule has 2 atom stereocenters. The van der Waals surface area contributed by atoms with Gasteiger partial charge in [-0.15, -0.1) is 0 Å². The second kappa shape index (κ2) is 11.3. The molecule has 176 valence electrons. The summed E-state index contributed by atoms with van der Waals surface area (Å²) in [5.41, 5.74) is 0.259. The zero-order chi connectivity index (χ0) is 23.8. The lowest BCUT2D eigenvalue weighted by Crippen LogP contribution is -2.53. The van der Waals surface area contributed by atoms with E-state index in [1.807, 2.05) is 13.8 Å². The summed E-state index contributed by atoms with van der Waals surface area (Å²) in [7, 11) is 0. The summed E-state index contributed by atoms with van der Waals surface area (Å²) in [5.74, 6) is -3.53. The lowest BCUT2D eigenvalue weighted by molar-refractivity contribution is -0.141. The van der Waals surface area contributed by atoms with Crippen LogP contribution in [-0.2, 0) is 19.2 Å². The number of carbonyl (C=O) groups is 4. The maximum atomic E-state index is 13.4. The summed E-state index contributed by atoms with van der Waals surface area (Å²) in [6, 6.07) is 2.27. The number of rotatable bonds is 12. The van der Waals surface area contributed by atoms with Gasteiger partial charge in [0.1, 0.15) is 25.8 Å². The van der Waals surface area contributed by atoms with Gasteiger partial charge in [0.25, 0.3) is 0 Å². The highest BCUT2D eigenvalue weighted by Gasteiger charge is 2.32. The Hall–Kier alpha value is -3.34. The number of nitrogens with zero attached hydrogens (tertiary/aromatic N) is 1. The third-order valence-electron chi connectivity index (χ3n) is 4.75. The molecule has 0 fully saturated rings. The fourth-order valence-corrected chi connectivity index (χ4v) is 3.32. The van der Waals surface area contributed by atoms with Gasteiger partial charge >= 0.3 is 17.9 Å². The Kier molecular flexibility index (Phi) is 8.82. The van der Waals surface area contributed by atoms with Gasteiger partial charge in [-0.1, -0.05) is 13.8 Å². The number of carboxylic acids is 3. The molecule has 11 heteroatoms. The van der Waals surface area contributed by atoms with Crippen LogP contribution < -0.4 is 19.7 Å². The lowest BCUT2D eigenvalue weighted by Gasteiger charge is -2.30. The van der Waals surface area contributed by atoms with E-state index in [1.54, 1.807) is 6.07 Å². The largest absolute Gasteiger partial charge is 0.486 e. The number of fused-ring (bicyclic) bond motifs is 1. The highest BCUT2D eigenvalue weighted by Crippen LogP contribution is 2.34. The molecule has 0 saturated carbocycles. The molecule has 4 N–H and O–H groups in total. The molecule has 2 unspecified atom stereocenters. The van der Waals surface area contributed by atoms with E-state index in [2.05, 4.69) is 5.32 Å². The van der Waals surface area contributed by atoms with Crippen LogP contribution in [0.4, 0.5) is 5.69 Å². The number of nitrogens with one attached hydrogen (secondary N) is 1. The third kappa shape index (κ3) is 7.12. The third-order valence-corrected chi connectivity index (χ3v) is 4.75. The van der Waals surface area contributed by atoms with Gasteiger partial charge in [-0.2, -0.15) is 0 Å². The van der Waals surface area contributed by atoms with Crippen LogP contribution in [0.15, 0.2) is 18.2 Å². The SMILES string of the molecule is CC(C)CC(NC(CCC(=O)O)C(=O)O)C(=O)N(CC(=O)O)c1ccc2c(c1)OCCO2. The molecule has 0 radical (unpaired) electrons. The highest BCUT2D eigenvalue weighted by atomic mass is 16.6. The molecule has 1 aromatic rings. The molecule has 0 spiro atoms. The predicted molar refractivity (Wildman–Crippen MR) is 112 cm³/mol. The summed E-state index contributed by atoms with van der Waals surface area (Å²) in [6.45, 7) is 3.70. The Morgan fingerprint density at radius 2 is 1.66 bits per heavy atom. The smallest absolute Gasteiger partial charge is 0.323 e. The molecule has 1 aromatic carbocycles. The van der Waals surface area contributed by atoms with Gasteiger partial charge in [-0.05, 0) is 30.9 Å². The molecule has 32 heavy (non-hydrogen) atoms. The lowest BCUT2D eigenvalue weighted by atomic mass is 10.00. The van der Waals surface area contributed by atoms with E-state index in [0.717, 1.165) is 4.90 Å². The normalized spacial score (nSPS) is 14.5. The first-order valence-corrected chi connectivity index (χ1v) is 10.2. The second-order valence-electron chi connectivity index (χ2n) is 7.82. The molecule has 1 amide bonds. The first-order valence-electron chi connectivity index (χ1n) is 10.2. The van der Waals surface area contributed by atoms with Crippen molar-refractivity contribution in [2.45, 2.75) is 45.2 Å². The number of aliphatic carboxylic acids is 3. The molecule has 0 bridgehead atoms. The van der Waals surface area contributed by atoms with E-state index in [-0.39, 0.29) is 24.4 Å². The number of hydrogen-bond acceptors (Lipinski definition) is 7. The van der Waals surface area contributed by atoms with Gasteiger partial charge in [0, 0.05) is 18.2 Å². The van der Waals surface area contributed by atoms with Crippen LogP contribution in [0.1, 0.15) is 33.1 Å². The highest BCUT2D eigenvalue weighted by molar-refractivity contribution is 6.01. The Morgan fingerprint density at radius 1 is 1.00 bits per heavy atom. The number of ether oxygens (including phenoxy) is 2. The minimum Gasteiger partial charge on any atom is -0.486 e. The van der Waals surface area contributed by atoms with Crippen molar-refractivity contribution < 1.29 is 44.0 Å². The number of carboxylic acid groups (broad SMARTS) is 3.